The van der Waals surface area contributed by atoms with Crippen LogP contribution < -0.4 is 0 Å². The predicted molar refractivity (Wildman–Crippen MR) is 95.9 cm³/mol. The van der Waals surface area contributed by atoms with Crippen molar-refractivity contribution in [1.29, 1.82) is 0 Å². The molecule has 8 nitrogen and oxygen atoms in total. The van der Waals surface area contributed by atoms with Crippen LogP contribution in [-0.4, -0.2) is 34.9 Å². The molecular weight excluding hydrogens is 388 g/mol. The standard InChI is InChI=1S/C17H13F2N7OS/c1-2-26-16(13-5-6-20-9-21-13)23-24-17(26)28-8-14-22-15(25-27-14)11-7-10(18)3-4-12(11)19/h3-7,9H,2,8H2,1H3. The van der Waals surface area contributed by atoms with Crippen molar-refractivity contribution in [3.63, 3.8) is 0 Å². The fraction of sp³-hybridized carbons (Fsp3) is 0.176. The van der Waals surface area contributed by atoms with E-state index in [4.69, 9.17) is 4.52 Å². The Labute approximate surface area is 162 Å². The molecule has 0 bridgehead atoms. The maximum Gasteiger partial charge on any atom is 0.237 e. The SMILES string of the molecule is CCn1c(SCc2nc(-c3cc(F)ccc3F)no2)nnc1-c1ccncn1. The first-order chi connectivity index (χ1) is 13.7. The van der Waals surface area contributed by atoms with Crippen molar-refractivity contribution in [2.75, 3.05) is 0 Å². The van der Waals surface area contributed by atoms with E-state index in [9.17, 15) is 8.78 Å². The summed E-state index contributed by atoms with van der Waals surface area (Å²) in [5.74, 6) is -0.0251. The van der Waals surface area contributed by atoms with Gasteiger partial charge in [-0.15, -0.1) is 10.2 Å². The van der Waals surface area contributed by atoms with E-state index in [0.717, 1.165) is 18.2 Å². The van der Waals surface area contributed by atoms with Gasteiger partial charge in [0.25, 0.3) is 0 Å². The number of halogens is 2. The van der Waals surface area contributed by atoms with Crippen molar-refractivity contribution in [1.82, 2.24) is 34.9 Å². The minimum absolute atomic E-state index is 0.00812. The molecule has 0 N–H and O–H groups in total. The Bertz CT molecular complexity index is 1100. The molecule has 0 radical (unpaired) electrons. The fourth-order valence-electron chi connectivity index (χ4n) is 2.51. The molecule has 0 amide bonds. The Morgan fingerprint density at radius 2 is 2.07 bits per heavy atom. The molecule has 0 aliphatic carbocycles. The lowest BCUT2D eigenvalue weighted by molar-refractivity contribution is 0.391. The van der Waals surface area contributed by atoms with E-state index in [1.54, 1.807) is 12.3 Å². The van der Waals surface area contributed by atoms with E-state index < -0.39 is 11.6 Å². The van der Waals surface area contributed by atoms with Gasteiger partial charge < -0.3 is 9.09 Å². The predicted octanol–water partition coefficient (Wildman–Crippen LogP) is 3.38. The summed E-state index contributed by atoms with van der Waals surface area (Å²) < 4.78 is 34.3. The number of thioether (sulfide) groups is 1. The zero-order chi connectivity index (χ0) is 19.5. The van der Waals surface area contributed by atoms with Crippen molar-refractivity contribution in [3.05, 3.63) is 54.3 Å². The van der Waals surface area contributed by atoms with Crippen LogP contribution in [0.2, 0.25) is 0 Å². The molecule has 0 unspecified atom stereocenters. The molecule has 0 atom stereocenters. The molecule has 4 rings (SSSR count). The van der Waals surface area contributed by atoms with E-state index in [0.29, 0.717) is 29.0 Å². The van der Waals surface area contributed by atoms with Gasteiger partial charge in [-0.3, -0.25) is 0 Å². The molecule has 1 aromatic carbocycles. The molecule has 0 spiro atoms. The zero-order valence-corrected chi connectivity index (χ0v) is 15.4. The van der Waals surface area contributed by atoms with E-state index >= 15 is 0 Å². The van der Waals surface area contributed by atoms with Gasteiger partial charge in [-0.05, 0) is 31.2 Å². The van der Waals surface area contributed by atoms with Crippen LogP contribution in [-0.2, 0) is 12.3 Å². The third-order valence-electron chi connectivity index (χ3n) is 3.81. The van der Waals surface area contributed by atoms with Gasteiger partial charge in [-0.1, -0.05) is 16.9 Å². The lowest BCUT2D eigenvalue weighted by Crippen LogP contribution is -2.01. The molecule has 0 aliphatic rings. The average Bonchev–Trinajstić information content (AvgIpc) is 3.35. The molecule has 0 saturated carbocycles. The molecule has 4 aromatic rings. The lowest BCUT2D eigenvalue weighted by Gasteiger charge is -2.05. The average molecular weight is 401 g/mol. The highest BCUT2D eigenvalue weighted by Gasteiger charge is 2.17. The second-order valence-corrected chi connectivity index (χ2v) is 6.51. The normalized spacial score (nSPS) is 11.1. The fourth-order valence-corrected chi connectivity index (χ4v) is 3.35. The highest BCUT2D eigenvalue weighted by molar-refractivity contribution is 7.98. The Hall–Kier alpha value is -3.21. The zero-order valence-electron chi connectivity index (χ0n) is 14.6. The monoisotopic (exact) mass is 401 g/mol. The first-order valence-corrected chi connectivity index (χ1v) is 9.24. The Morgan fingerprint density at radius 3 is 2.86 bits per heavy atom. The smallest absolute Gasteiger partial charge is 0.237 e. The van der Waals surface area contributed by atoms with Crippen LogP contribution in [0, 0.1) is 11.6 Å². The maximum absolute atomic E-state index is 13.9. The topological polar surface area (TPSA) is 95.4 Å². The number of hydrogen-bond acceptors (Lipinski definition) is 8. The second-order valence-electron chi connectivity index (χ2n) is 5.57. The van der Waals surface area contributed by atoms with Gasteiger partial charge in [0.2, 0.25) is 11.7 Å². The minimum atomic E-state index is -0.623. The van der Waals surface area contributed by atoms with E-state index in [1.807, 2.05) is 11.5 Å². The molecule has 11 heteroatoms. The summed E-state index contributed by atoms with van der Waals surface area (Å²) in [5.41, 5.74) is 0.612. The quantitative estimate of drug-likeness (QED) is 0.454. The lowest BCUT2D eigenvalue weighted by atomic mass is 10.2. The number of aromatic nitrogens is 7. The summed E-state index contributed by atoms with van der Waals surface area (Å²) in [6.45, 7) is 2.61. The van der Waals surface area contributed by atoms with Crippen LogP contribution >= 0.6 is 11.8 Å². The molecule has 142 valence electrons. The highest BCUT2D eigenvalue weighted by atomic mass is 32.2. The number of nitrogens with zero attached hydrogens (tertiary/aromatic N) is 7. The van der Waals surface area contributed by atoms with Gasteiger partial charge in [-0.25, -0.2) is 18.7 Å². The van der Waals surface area contributed by atoms with Crippen LogP contribution in [0.5, 0.6) is 0 Å². The third kappa shape index (κ3) is 3.60. The van der Waals surface area contributed by atoms with Crippen molar-refractivity contribution in [2.24, 2.45) is 0 Å². The van der Waals surface area contributed by atoms with Gasteiger partial charge in [0.05, 0.1) is 11.3 Å². The number of hydrogen-bond donors (Lipinski definition) is 0. The summed E-state index contributed by atoms with van der Waals surface area (Å²) in [5, 5.41) is 12.7. The van der Waals surface area contributed by atoms with Gasteiger partial charge in [0, 0.05) is 12.7 Å². The van der Waals surface area contributed by atoms with E-state index in [-0.39, 0.29) is 17.3 Å². The first kappa shape index (κ1) is 18.2. The van der Waals surface area contributed by atoms with Crippen molar-refractivity contribution >= 4 is 11.8 Å². The Kier molecular flexibility index (Phi) is 5.06. The van der Waals surface area contributed by atoms with Crippen LogP contribution in [0.15, 0.2) is 46.5 Å². The Morgan fingerprint density at radius 1 is 1.18 bits per heavy atom. The molecular formula is C17H13F2N7OS. The minimum Gasteiger partial charge on any atom is -0.338 e. The maximum atomic E-state index is 13.9. The first-order valence-electron chi connectivity index (χ1n) is 8.26. The summed E-state index contributed by atoms with van der Waals surface area (Å²) >= 11 is 1.34. The second kappa shape index (κ2) is 7.80. The van der Waals surface area contributed by atoms with Crippen LogP contribution in [0.1, 0.15) is 12.8 Å². The van der Waals surface area contributed by atoms with Gasteiger partial charge >= 0.3 is 0 Å². The van der Waals surface area contributed by atoms with Crippen LogP contribution in [0.3, 0.4) is 0 Å². The molecule has 0 aliphatic heterocycles. The Balaban J connectivity index is 1.52. The number of rotatable bonds is 6. The van der Waals surface area contributed by atoms with Gasteiger partial charge in [-0.2, -0.15) is 4.98 Å². The molecule has 3 aromatic heterocycles. The van der Waals surface area contributed by atoms with Gasteiger partial charge in [0.1, 0.15) is 23.7 Å². The number of benzene rings is 1. The van der Waals surface area contributed by atoms with E-state index in [2.05, 4.69) is 30.3 Å². The highest BCUT2D eigenvalue weighted by Crippen LogP contribution is 2.26. The van der Waals surface area contributed by atoms with Gasteiger partial charge in [0.15, 0.2) is 11.0 Å². The van der Waals surface area contributed by atoms with E-state index in [1.165, 1.54) is 18.1 Å². The van der Waals surface area contributed by atoms with Crippen molar-refractivity contribution < 1.29 is 13.3 Å². The third-order valence-corrected chi connectivity index (χ3v) is 4.76. The molecule has 28 heavy (non-hydrogen) atoms. The van der Waals surface area contributed by atoms with Crippen molar-refractivity contribution in [3.8, 4) is 22.9 Å². The summed E-state index contributed by atoms with van der Waals surface area (Å²) in [4.78, 5) is 12.2. The largest absolute Gasteiger partial charge is 0.338 e. The summed E-state index contributed by atoms with van der Waals surface area (Å²) in [6.07, 6.45) is 3.08. The summed E-state index contributed by atoms with van der Waals surface area (Å²) in [7, 11) is 0. The van der Waals surface area contributed by atoms with Crippen molar-refractivity contribution in [2.45, 2.75) is 24.4 Å². The molecule has 3 heterocycles. The van der Waals surface area contributed by atoms with Crippen LogP contribution in [0.4, 0.5) is 8.78 Å². The molecule has 0 fully saturated rings. The van der Waals surface area contributed by atoms with Crippen LogP contribution in [0.25, 0.3) is 22.9 Å². The summed E-state index contributed by atoms with van der Waals surface area (Å²) in [6, 6.07) is 4.83. The molecule has 0 saturated heterocycles.